The molecule has 9 nitrogen and oxygen atoms in total. The van der Waals surface area contributed by atoms with Crippen LogP contribution in [0.5, 0.6) is 0 Å². The van der Waals surface area contributed by atoms with E-state index < -0.39 is 32.5 Å². The highest BCUT2D eigenvalue weighted by atomic mass is 31.2. The molecule has 0 aliphatic carbocycles. The average Bonchev–Trinajstić information content (AvgIpc) is 3.42. The molecular formula is C70H112NO8P. The number of quaternary nitrogens is 1. The van der Waals surface area contributed by atoms with E-state index in [4.69, 9.17) is 18.5 Å². The van der Waals surface area contributed by atoms with Gasteiger partial charge in [0.2, 0.25) is 0 Å². The molecule has 0 spiro atoms. The van der Waals surface area contributed by atoms with E-state index in [1.54, 1.807) is 0 Å². The number of hydrogen-bond donors (Lipinski definition) is 0. The number of phosphoric acid groups is 1. The molecule has 0 fully saturated rings. The summed E-state index contributed by atoms with van der Waals surface area (Å²) in [6.07, 6.45) is 89.8. The highest BCUT2D eigenvalue weighted by molar-refractivity contribution is 7.45. The van der Waals surface area contributed by atoms with Crippen molar-refractivity contribution < 1.29 is 42.1 Å². The molecule has 0 aliphatic rings. The molecule has 0 saturated carbocycles. The lowest BCUT2D eigenvalue weighted by atomic mass is 10.0. The molecule has 0 rings (SSSR count). The maximum atomic E-state index is 12.8. The summed E-state index contributed by atoms with van der Waals surface area (Å²) in [6.45, 7) is 3.92. The van der Waals surface area contributed by atoms with Gasteiger partial charge in [-0.05, 0) is 122 Å². The number of hydrogen-bond acceptors (Lipinski definition) is 8. The Balaban J connectivity index is 4.30. The lowest BCUT2D eigenvalue weighted by molar-refractivity contribution is -0.870. The topological polar surface area (TPSA) is 111 Å². The zero-order chi connectivity index (χ0) is 58.4. The highest BCUT2D eigenvalue weighted by Gasteiger charge is 2.21. The number of allylic oxidation sites excluding steroid dienone is 28. The lowest BCUT2D eigenvalue weighted by Crippen LogP contribution is -2.37. The predicted octanol–water partition coefficient (Wildman–Crippen LogP) is 19.2. The lowest BCUT2D eigenvalue weighted by Gasteiger charge is -2.28. The van der Waals surface area contributed by atoms with E-state index in [0.29, 0.717) is 30.3 Å². The van der Waals surface area contributed by atoms with E-state index in [0.717, 1.165) is 116 Å². The van der Waals surface area contributed by atoms with Gasteiger partial charge in [-0.2, -0.15) is 0 Å². The van der Waals surface area contributed by atoms with Crippen molar-refractivity contribution in [1.29, 1.82) is 0 Å². The van der Waals surface area contributed by atoms with Crippen molar-refractivity contribution in [2.75, 3.05) is 47.5 Å². The molecule has 0 aromatic heterocycles. The largest absolute Gasteiger partial charge is 0.756 e. The number of rotatable bonds is 54. The van der Waals surface area contributed by atoms with Crippen LogP contribution < -0.4 is 4.89 Å². The molecule has 0 bridgehead atoms. The Labute approximate surface area is 489 Å². The molecule has 80 heavy (non-hydrogen) atoms. The minimum absolute atomic E-state index is 0.0523. The van der Waals surface area contributed by atoms with Gasteiger partial charge >= 0.3 is 11.9 Å². The molecule has 0 saturated heterocycles. The van der Waals surface area contributed by atoms with Crippen LogP contribution in [0.4, 0.5) is 0 Å². The average molecular weight is 1130 g/mol. The van der Waals surface area contributed by atoms with Crippen molar-refractivity contribution >= 4 is 19.8 Å². The summed E-state index contributed by atoms with van der Waals surface area (Å²) in [5, 5.41) is 0. The van der Waals surface area contributed by atoms with Gasteiger partial charge in [0, 0.05) is 12.8 Å². The second-order valence-electron chi connectivity index (χ2n) is 20.9. The molecule has 450 valence electrons. The molecule has 0 amide bonds. The third kappa shape index (κ3) is 62.6. The van der Waals surface area contributed by atoms with E-state index in [-0.39, 0.29) is 26.1 Å². The number of unbranched alkanes of at least 4 members (excludes halogenated alkanes) is 12. The zero-order valence-corrected chi connectivity index (χ0v) is 51.8. The first-order valence-corrected chi connectivity index (χ1v) is 32.3. The van der Waals surface area contributed by atoms with Crippen LogP contribution in [0.2, 0.25) is 0 Å². The molecule has 0 aromatic carbocycles. The Morgan fingerprint density at radius 2 is 0.688 bits per heavy atom. The summed E-state index contributed by atoms with van der Waals surface area (Å²) in [5.41, 5.74) is 0. The fraction of sp³-hybridized carbons (Fsp3) is 0.571. The van der Waals surface area contributed by atoms with Crippen LogP contribution in [0.25, 0.3) is 0 Å². The quantitative estimate of drug-likeness (QED) is 0.0195. The third-order valence-corrected chi connectivity index (χ3v) is 13.2. The SMILES string of the molecule is CC/C=C\C/C=C\C/C=C\C/C=C\C/C=C\C/C=C\C/C=C\C/C=C\C/C=C\CCCC(=O)OC(COC(=O)CCCCCCCCCCCCC/C=C\C/C=C\C/C=C\C/C=C\C/C=C\CC)COP(=O)([O-])OCC[N+](C)(C)C. The van der Waals surface area contributed by atoms with E-state index in [9.17, 15) is 19.0 Å². The minimum atomic E-state index is -4.67. The highest BCUT2D eigenvalue weighted by Crippen LogP contribution is 2.38. The summed E-state index contributed by atoms with van der Waals surface area (Å²) in [7, 11) is 1.10. The van der Waals surface area contributed by atoms with E-state index in [1.165, 1.54) is 44.9 Å². The van der Waals surface area contributed by atoms with Crippen molar-refractivity contribution in [3.05, 3.63) is 170 Å². The second-order valence-corrected chi connectivity index (χ2v) is 22.4. The molecule has 0 aromatic rings. The van der Waals surface area contributed by atoms with Crippen LogP contribution in [-0.4, -0.2) is 70.0 Å². The van der Waals surface area contributed by atoms with Gasteiger partial charge in [0.25, 0.3) is 7.82 Å². The van der Waals surface area contributed by atoms with Crippen LogP contribution in [0.3, 0.4) is 0 Å². The van der Waals surface area contributed by atoms with Gasteiger partial charge in [-0.3, -0.25) is 14.2 Å². The van der Waals surface area contributed by atoms with Crippen molar-refractivity contribution in [2.45, 2.75) is 213 Å². The van der Waals surface area contributed by atoms with E-state index in [1.807, 2.05) is 27.2 Å². The number of esters is 2. The van der Waals surface area contributed by atoms with Gasteiger partial charge in [0.1, 0.15) is 19.8 Å². The van der Waals surface area contributed by atoms with Crippen LogP contribution in [0, 0.1) is 0 Å². The summed E-state index contributed by atoms with van der Waals surface area (Å²) in [6, 6.07) is 0. The Morgan fingerprint density at radius 1 is 0.388 bits per heavy atom. The minimum Gasteiger partial charge on any atom is -0.756 e. The molecule has 2 atom stereocenters. The van der Waals surface area contributed by atoms with E-state index in [2.05, 4.69) is 178 Å². The van der Waals surface area contributed by atoms with Gasteiger partial charge < -0.3 is 27.9 Å². The maximum absolute atomic E-state index is 12.8. The van der Waals surface area contributed by atoms with E-state index >= 15 is 0 Å². The monoisotopic (exact) mass is 1130 g/mol. The Kier molecular flexibility index (Phi) is 55.6. The molecule has 2 unspecified atom stereocenters. The predicted molar refractivity (Wildman–Crippen MR) is 341 cm³/mol. The summed E-state index contributed by atoms with van der Waals surface area (Å²) in [4.78, 5) is 37.9. The fourth-order valence-electron chi connectivity index (χ4n) is 7.57. The maximum Gasteiger partial charge on any atom is 0.306 e. The number of likely N-dealkylation sites (N-methyl/N-ethyl adjacent to an activating group) is 1. The molecular weight excluding hydrogens is 1010 g/mol. The van der Waals surface area contributed by atoms with Gasteiger partial charge in [-0.25, -0.2) is 0 Å². The van der Waals surface area contributed by atoms with Crippen LogP contribution in [0.15, 0.2) is 170 Å². The van der Waals surface area contributed by atoms with Gasteiger partial charge in [-0.15, -0.1) is 0 Å². The van der Waals surface area contributed by atoms with Gasteiger partial charge in [-0.1, -0.05) is 242 Å². The Hall–Kier alpha value is -4.63. The molecule has 0 aliphatic heterocycles. The molecule has 0 radical (unpaired) electrons. The van der Waals surface area contributed by atoms with Gasteiger partial charge in [0.05, 0.1) is 27.7 Å². The standard InChI is InChI=1S/C70H112NO8P/c1-6-8-10-12-14-16-18-20-22-24-26-28-30-32-34-35-37-39-41-43-45-47-49-51-53-55-57-59-61-63-70(73)79-68(67-78-80(74,75)77-65-64-71(3,4)5)66-76-69(72)62-60-58-56-54-52-50-48-46-44-42-40-38-36-33-31-29-27-25-23-21-19-17-15-13-11-9-7-2/h8-11,14-17,20-23,26-29,32-34,36-37,39,43,45,49,51,55,57,68H,6-7,12-13,18-19,24-25,30-31,35,38,40-42,44,46-48,50,52-54,56,58-67H2,1-5H3/b10-8-,11-9-,16-14-,17-15-,22-20-,23-21-,28-26-,29-27-,34-32-,36-33-,39-37-,45-43-,51-49-,57-55-. The summed E-state index contributed by atoms with van der Waals surface area (Å²) in [5.74, 6) is -0.921. The first kappa shape index (κ1) is 75.4. The summed E-state index contributed by atoms with van der Waals surface area (Å²) < 4.78 is 34.1. The number of ether oxygens (including phenoxy) is 2. The van der Waals surface area contributed by atoms with Gasteiger partial charge in [0.15, 0.2) is 6.10 Å². The third-order valence-electron chi connectivity index (χ3n) is 12.2. The molecule has 0 heterocycles. The number of carbonyl (C=O) groups is 2. The molecule has 0 N–H and O–H groups in total. The first-order chi connectivity index (χ1) is 39.0. The first-order valence-electron chi connectivity index (χ1n) is 30.8. The fourth-order valence-corrected chi connectivity index (χ4v) is 8.29. The Morgan fingerprint density at radius 3 is 1.04 bits per heavy atom. The molecule has 10 heteroatoms. The van der Waals surface area contributed by atoms with Crippen molar-refractivity contribution in [3.63, 3.8) is 0 Å². The smallest absolute Gasteiger partial charge is 0.306 e. The number of nitrogens with zero attached hydrogens (tertiary/aromatic N) is 1. The zero-order valence-electron chi connectivity index (χ0n) is 50.9. The van der Waals surface area contributed by atoms with Crippen LogP contribution >= 0.6 is 7.82 Å². The van der Waals surface area contributed by atoms with Crippen LogP contribution in [-0.2, 0) is 32.7 Å². The number of phosphoric ester groups is 1. The van der Waals surface area contributed by atoms with Crippen molar-refractivity contribution in [1.82, 2.24) is 0 Å². The summed E-state index contributed by atoms with van der Waals surface area (Å²) >= 11 is 0. The van der Waals surface area contributed by atoms with Crippen molar-refractivity contribution in [2.24, 2.45) is 0 Å². The Bertz CT molecular complexity index is 1950. The number of carbonyl (C=O) groups excluding carboxylic acids is 2. The van der Waals surface area contributed by atoms with Crippen molar-refractivity contribution in [3.8, 4) is 0 Å². The normalized spacial score (nSPS) is 14.4. The second kappa shape index (κ2) is 59.0. The van der Waals surface area contributed by atoms with Crippen LogP contribution in [0.1, 0.15) is 206 Å².